The molecule has 0 spiro atoms. The molecular weight excluding hydrogens is 246 g/mol. The lowest BCUT2D eigenvalue weighted by atomic mass is 10.0. The summed E-state index contributed by atoms with van der Waals surface area (Å²) in [5, 5.41) is 4.32. The molecule has 0 aromatic heterocycles. The summed E-state index contributed by atoms with van der Waals surface area (Å²) in [6.45, 7) is 5.94. The molecule has 1 aliphatic rings. The number of ether oxygens (including phenoxy) is 1. The predicted molar refractivity (Wildman–Crippen MR) is 75.9 cm³/mol. The van der Waals surface area contributed by atoms with Crippen molar-refractivity contribution in [3.63, 3.8) is 0 Å². The zero-order valence-electron chi connectivity index (χ0n) is 11.0. The van der Waals surface area contributed by atoms with Crippen molar-refractivity contribution in [3.05, 3.63) is 46.2 Å². The first-order valence-corrected chi connectivity index (χ1v) is 6.92. The molecule has 2 nitrogen and oxygen atoms in total. The molecule has 1 aromatic rings. The van der Waals surface area contributed by atoms with Crippen LogP contribution in [0.25, 0.3) is 0 Å². The monoisotopic (exact) mass is 265 g/mol. The Balaban J connectivity index is 2.26. The van der Waals surface area contributed by atoms with Crippen LogP contribution >= 0.6 is 11.6 Å². The molecule has 0 aliphatic carbocycles. The van der Waals surface area contributed by atoms with E-state index in [2.05, 4.69) is 37.4 Å². The lowest BCUT2D eigenvalue weighted by Gasteiger charge is -2.21. The molecule has 1 aliphatic heterocycles. The van der Waals surface area contributed by atoms with Gasteiger partial charge in [0, 0.05) is 11.4 Å². The van der Waals surface area contributed by atoms with Gasteiger partial charge in [0.1, 0.15) is 5.76 Å². The number of hydrogen-bond donors (Lipinski definition) is 1. The Hall–Kier alpha value is -0.990. The van der Waals surface area contributed by atoms with Gasteiger partial charge in [-0.15, -0.1) is 0 Å². The van der Waals surface area contributed by atoms with Gasteiger partial charge in [-0.2, -0.15) is 0 Å². The second kappa shape index (κ2) is 6.26. The van der Waals surface area contributed by atoms with Gasteiger partial charge in [0.15, 0.2) is 0 Å². The normalized spacial score (nSPS) is 16.3. The Morgan fingerprint density at radius 1 is 1.44 bits per heavy atom. The molecule has 0 fully saturated rings. The average Bonchev–Trinajstić information content (AvgIpc) is 2.85. The first-order chi connectivity index (χ1) is 8.72. The van der Waals surface area contributed by atoms with Gasteiger partial charge in [-0.25, -0.2) is 0 Å². The summed E-state index contributed by atoms with van der Waals surface area (Å²) < 4.78 is 5.69. The topological polar surface area (TPSA) is 21.3 Å². The van der Waals surface area contributed by atoms with E-state index < -0.39 is 0 Å². The fourth-order valence-corrected chi connectivity index (χ4v) is 2.50. The van der Waals surface area contributed by atoms with Crippen molar-refractivity contribution in [2.75, 3.05) is 13.2 Å². The van der Waals surface area contributed by atoms with Crippen molar-refractivity contribution in [2.45, 2.75) is 32.7 Å². The summed E-state index contributed by atoms with van der Waals surface area (Å²) >= 11 is 6.36. The second-order valence-electron chi connectivity index (χ2n) is 4.66. The largest absolute Gasteiger partial charge is 0.496 e. The zero-order valence-corrected chi connectivity index (χ0v) is 11.8. The third kappa shape index (κ3) is 3.06. The van der Waals surface area contributed by atoms with Gasteiger partial charge in [-0.3, -0.25) is 0 Å². The van der Waals surface area contributed by atoms with Crippen molar-refractivity contribution < 1.29 is 4.74 Å². The highest BCUT2D eigenvalue weighted by Crippen LogP contribution is 2.31. The number of halogens is 1. The van der Waals surface area contributed by atoms with Gasteiger partial charge < -0.3 is 10.1 Å². The Kier molecular flexibility index (Phi) is 4.67. The van der Waals surface area contributed by atoms with Crippen molar-refractivity contribution >= 4 is 11.6 Å². The predicted octanol–water partition coefficient (Wildman–Crippen LogP) is 3.99. The molecule has 1 atom stereocenters. The highest BCUT2D eigenvalue weighted by Gasteiger charge is 2.22. The van der Waals surface area contributed by atoms with Gasteiger partial charge in [-0.05, 0) is 43.2 Å². The molecule has 0 amide bonds. The smallest absolute Gasteiger partial charge is 0.114 e. The summed E-state index contributed by atoms with van der Waals surface area (Å²) in [6.07, 6.45) is 4.24. The molecule has 1 aromatic carbocycles. The van der Waals surface area contributed by atoms with Crippen molar-refractivity contribution in [1.82, 2.24) is 5.32 Å². The van der Waals surface area contributed by atoms with Crippen LogP contribution in [0, 0.1) is 6.92 Å². The van der Waals surface area contributed by atoms with Crippen LogP contribution in [0.4, 0.5) is 0 Å². The van der Waals surface area contributed by atoms with Crippen molar-refractivity contribution in [2.24, 2.45) is 0 Å². The van der Waals surface area contributed by atoms with Gasteiger partial charge in [-0.1, -0.05) is 30.7 Å². The van der Waals surface area contributed by atoms with E-state index in [1.807, 2.05) is 6.07 Å². The summed E-state index contributed by atoms with van der Waals surface area (Å²) in [5.41, 5.74) is 2.28. The molecule has 2 rings (SSSR count). The second-order valence-corrected chi connectivity index (χ2v) is 5.06. The Bertz CT molecular complexity index is 442. The summed E-state index contributed by atoms with van der Waals surface area (Å²) in [5.74, 6) is 1.01. The highest BCUT2D eigenvalue weighted by atomic mass is 35.5. The van der Waals surface area contributed by atoms with E-state index in [0.29, 0.717) is 0 Å². The van der Waals surface area contributed by atoms with E-state index in [1.165, 1.54) is 5.56 Å². The van der Waals surface area contributed by atoms with Crippen LogP contribution in [0.1, 0.15) is 36.9 Å². The maximum Gasteiger partial charge on any atom is 0.114 e. The van der Waals surface area contributed by atoms with Crippen molar-refractivity contribution in [3.8, 4) is 0 Å². The molecule has 98 valence electrons. The standard InChI is InChI=1S/C15H20ClNO/c1-3-8-17-15(14-5-4-9-18-14)12-7-6-11(2)10-13(12)16/h5-7,10,15,17H,3-4,8-9H2,1-2H3. The molecule has 0 bridgehead atoms. The Morgan fingerprint density at radius 2 is 2.28 bits per heavy atom. The SMILES string of the molecule is CCCNC(C1=CCCO1)c1ccc(C)cc1Cl. The van der Waals surface area contributed by atoms with Crippen LogP contribution in [0.2, 0.25) is 5.02 Å². The quantitative estimate of drug-likeness (QED) is 0.869. The fourth-order valence-electron chi connectivity index (χ4n) is 2.16. The van der Waals surface area contributed by atoms with Gasteiger partial charge in [0.05, 0.1) is 12.6 Å². The molecule has 3 heteroatoms. The van der Waals surface area contributed by atoms with Crippen LogP contribution < -0.4 is 5.32 Å². The van der Waals surface area contributed by atoms with Gasteiger partial charge >= 0.3 is 0 Å². The molecule has 1 unspecified atom stereocenters. The van der Waals surface area contributed by atoms with Crippen LogP contribution in [-0.4, -0.2) is 13.2 Å². The van der Waals surface area contributed by atoms with E-state index in [-0.39, 0.29) is 6.04 Å². The fraction of sp³-hybridized carbons (Fsp3) is 0.467. The highest BCUT2D eigenvalue weighted by molar-refractivity contribution is 6.31. The van der Waals surface area contributed by atoms with Crippen LogP contribution in [0.5, 0.6) is 0 Å². The van der Waals surface area contributed by atoms with E-state index in [9.17, 15) is 0 Å². The summed E-state index contributed by atoms with van der Waals surface area (Å²) in [4.78, 5) is 0. The molecular formula is C15H20ClNO. The first-order valence-electron chi connectivity index (χ1n) is 6.54. The summed E-state index contributed by atoms with van der Waals surface area (Å²) in [7, 11) is 0. The molecule has 1 heterocycles. The first kappa shape index (κ1) is 13.4. The molecule has 0 saturated carbocycles. The third-order valence-corrected chi connectivity index (χ3v) is 3.41. The van der Waals surface area contributed by atoms with Crippen LogP contribution in [0.15, 0.2) is 30.0 Å². The number of rotatable bonds is 5. The summed E-state index contributed by atoms with van der Waals surface area (Å²) in [6, 6.07) is 6.28. The third-order valence-electron chi connectivity index (χ3n) is 3.08. The molecule has 0 radical (unpaired) electrons. The van der Waals surface area contributed by atoms with E-state index in [4.69, 9.17) is 16.3 Å². The number of hydrogen-bond acceptors (Lipinski definition) is 2. The number of aryl methyl sites for hydroxylation is 1. The minimum Gasteiger partial charge on any atom is -0.496 e. The van der Waals surface area contributed by atoms with E-state index in [1.54, 1.807) is 0 Å². The zero-order chi connectivity index (χ0) is 13.0. The number of benzene rings is 1. The van der Waals surface area contributed by atoms with E-state index in [0.717, 1.165) is 42.3 Å². The Labute approximate surface area is 114 Å². The molecule has 1 N–H and O–H groups in total. The number of nitrogens with one attached hydrogen (secondary N) is 1. The van der Waals surface area contributed by atoms with Gasteiger partial charge in [0.2, 0.25) is 0 Å². The minimum atomic E-state index is 0.0838. The maximum absolute atomic E-state index is 6.36. The van der Waals surface area contributed by atoms with E-state index >= 15 is 0 Å². The van der Waals surface area contributed by atoms with Crippen molar-refractivity contribution in [1.29, 1.82) is 0 Å². The Morgan fingerprint density at radius 3 is 2.89 bits per heavy atom. The molecule has 18 heavy (non-hydrogen) atoms. The molecule has 0 saturated heterocycles. The lowest BCUT2D eigenvalue weighted by molar-refractivity contribution is 0.215. The maximum atomic E-state index is 6.36. The lowest BCUT2D eigenvalue weighted by Crippen LogP contribution is -2.24. The van der Waals surface area contributed by atoms with Crippen LogP contribution in [-0.2, 0) is 4.74 Å². The van der Waals surface area contributed by atoms with Gasteiger partial charge in [0.25, 0.3) is 0 Å². The minimum absolute atomic E-state index is 0.0838. The average molecular weight is 266 g/mol. The van der Waals surface area contributed by atoms with Crippen LogP contribution in [0.3, 0.4) is 0 Å².